The number of benzene rings is 4. The molecule has 9 rings (SSSR count). The SMILES string of the molecule is CCN(CC)c1cc(Nc2nc(Nc3cc(N(CC)CC)c(OC)cc3/N=N/c3nc(N4CCCCC4)c(/C=C(\C(C)=O)C(=O)Nc4cccc(S(=O)(=O)O)c4)s3)nc(SCCO)n2)c(/N=N/c2nc(N3CCCCC3)c(/C=C(/C(C)=O)C(=O)Nc3cccc(S(=O)(=O)O)c3)s2)cc1OC. The molecule has 5 heterocycles. The molecular weight excluding hydrogens is 1390 g/mol. The van der Waals surface area contributed by atoms with Crippen LogP contribution in [0.15, 0.2) is 119 Å². The van der Waals surface area contributed by atoms with Crippen LogP contribution >= 0.6 is 34.4 Å². The van der Waals surface area contributed by atoms with E-state index in [1.165, 1.54) is 62.0 Å². The Balaban J connectivity index is 1.10. The molecule has 0 aliphatic carbocycles. The Bertz CT molecular complexity index is 4250. The first-order valence-corrected chi connectivity index (χ1v) is 37.5. The second-order valence-corrected chi connectivity index (χ2v) is 28.4. The summed E-state index contributed by atoms with van der Waals surface area (Å²) in [7, 11) is -6.12. The van der Waals surface area contributed by atoms with E-state index in [4.69, 9.17) is 44.6 Å². The summed E-state index contributed by atoms with van der Waals surface area (Å²) in [6, 6.07) is 17.1. The van der Waals surface area contributed by atoms with Crippen molar-refractivity contribution in [2.24, 2.45) is 20.5 Å². The minimum atomic E-state index is -4.60. The molecule has 2 saturated heterocycles. The lowest BCUT2D eigenvalue weighted by Gasteiger charge is -2.27. The molecule has 3 aromatic heterocycles. The molecule has 2 aliphatic heterocycles. The zero-order valence-corrected chi connectivity index (χ0v) is 60.3. The third-order valence-electron chi connectivity index (χ3n) is 15.9. The van der Waals surface area contributed by atoms with Gasteiger partial charge in [-0.3, -0.25) is 28.3 Å². The number of amides is 2. The molecular formula is C65H77N17O13S5. The number of rotatable bonds is 31. The van der Waals surface area contributed by atoms with Crippen molar-refractivity contribution in [2.45, 2.75) is 95.0 Å². The van der Waals surface area contributed by atoms with E-state index in [0.717, 1.165) is 85.5 Å². The number of ether oxygens (including phenoxy) is 2. The molecule has 0 spiro atoms. The predicted octanol–water partition coefficient (Wildman–Crippen LogP) is 12.6. The van der Waals surface area contributed by atoms with Gasteiger partial charge < -0.3 is 55.4 Å². The second-order valence-electron chi connectivity index (χ2n) is 22.5. The fraction of sp³-hybridized carbons (Fsp3) is 0.369. The smallest absolute Gasteiger partial charge is 0.294 e. The fourth-order valence-electron chi connectivity index (χ4n) is 10.9. The Kier molecular flexibility index (Phi) is 25.6. The molecule has 2 aliphatic rings. The summed E-state index contributed by atoms with van der Waals surface area (Å²) in [4.78, 5) is 86.7. The van der Waals surface area contributed by atoms with Crippen LogP contribution in [0, 0.1) is 0 Å². The van der Waals surface area contributed by atoms with Crippen LogP contribution in [-0.4, -0.2) is 158 Å². The van der Waals surface area contributed by atoms with Gasteiger partial charge in [-0.1, -0.05) is 46.6 Å². The van der Waals surface area contributed by atoms with Crippen LogP contribution < -0.4 is 50.3 Å². The molecule has 7 N–H and O–H groups in total. The summed E-state index contributed by atoms with van der Waals surface area (Å²) >= 11 is 3.33. The van der Waals surface area contributed by atoms with Crippen molar-refractivity contribution in [2.75, 3.05) is 120 Å². The van der Waals surface area contributed by atoms with Crippen molar-refractivity contribution in [1.29, 1.82) is 0 Å². The lowest BCUT2D eigenvalue weighted by Crippen LogP contribution is -2.30. The predicted molar refractivity (Wildman–Crippen MR) is 389 cm³/mol. The van der Waals surface area contributed by atoms with E-state index in [9.17, 15) is 50.2 Å². The highest BCUT2D eigenvalue weighted by atomic mass is 32.2. The standard InChI is InChI=1S/C65H77N17O13S5/c1-9-79(10-2)51-35-47(49(37-53(51)94-7)75-77-64-70-57(81-25-15-13-16-26-81)55(97-64)33-45(39(5)84)59(86)66-41-21-19-23-43(31-41)99(88,89)90)68-61-72-62(74-63(73-61)96-30-29-83)69-48-36-52(80(11-3)12-4)54(95-8)38-50(48)76-78-65-71-58(82-27-17-14-18-28-82)56(98-65)34-46(40(6)85)60(87)67-42-22-20-24-44(32-42)100(91,92)93/h19-24,31-38,83H,9-18,25-30H2,1-8H3,(H,66,86)(H,67,87)(H,88,89,90)(H,91,92,93)(H2,68,69,72,73,74)/b45-33-,46-34+,77-75+,78-76+. The zero-order chi connectivity index (χ0) is 71.8. The molecule has 530 valence electrons. The highest BCUT2D eigenvalue weighted by Gasteiger charge is 2.27. The Morgan fingerprint density at radius 1 is 0.580 bits per heavy atom. The molecule has 2 amide bonds. The van der Waals surface area contributed by atoms with Crippen molar-refractivity contribution in [3.63, 3.8) is 0 Å². The van der Waals surface area contributed by atoms with Crippen LogP contribution in [0.4, 0.5) is 79.3 Å². The summed E-state index contributed by atoms with van der Waals surface area (Å²) in [5.41, 5.74) is 2.18. The van der Waals surface area contributed by atoms with Crippen LogP contribution in [0.2, 0.25) is 0 Å². The molecule has 0 unspecified atom stereocenters. The highest BCUT2D eigenvalue weighted by Crippen LogP contribution is 2.45. The topological polar surface area (TPSA) is 391 Å². The number of azo groups is 2. The van der Waals surface area contributed by atoms with Crippen molar-refractivity contribution >= 4 is 169 Å². The summed E-state index contributed by atoms with van der Waals surface area (Å²) in [6.45, 7) is 15.2. The van der Waals surface area contributed by atoms with Gasteiger partial charge in [0.1, 0.15) is 34.5 Å². The number of carbonyl (C=O) groups excluding carboxylic acids is 4. The van der Waals surface area contributed by atoms with Gasteiger partial charge in [-0.15, -0.1) is 20.5 Å². The number of nitrogens with zero attached hydrogens (tertiary/aromatic N) is 13. The van der Waals surface area contributed by atoms with E-state index >= 15 is 0 Å². The zero-order valence-electron chi connectivity index (χ0n) is 56.2. The molecule has 0 saturated carbocycles. The summed E-state index contributed by atoms with van der Waals surface area (Å²) < 4.78 is 78.9. The highest BCUT2D eigenvalue weighted by molar-refractivity contribution is 7.99. The number of aromatic nitrogens is 5. The first kappa shape index (κ1) is 74.9. The number of aliphatic hydroxyl groups is 1. The number of hydrogen-bond acceptors (Lipinski definition) is 29. The minimum Gasteiger partial charge on any atom is -0.494 e. The van der Waals surface area contributed by atoms with Gasteiger partial charge in [0.25, 0.3) is 32.1 Å². The fourth-order valence-corrected chi connectivity index (χ4v) is 14.2. The van der Waals surface area contributed by atoms with Crippen molar-refractivity contribution in [3.05, 3.63) is 93.7 Å². The number of anilines is 10. The number of Topliss-reactive ketones (excluding diaryl/α,β-unsaturated/α-hetero) is 2. The van der Waals surface area contributed by atoms with Gasteiger partial charge in [-0.2, -0.15) is 41.8 Å². The van der Waals surface area contributed by atoms with Crippen molar-refractivity contribution in [3.8, 4) is 11.5 Å². The van der Waals surface area contributed by atoms with Crippen LogP contribution in [0.25, 0.3) is 12.2 Å². The average molecular weight is 1460 g/mol. The van der Waals surface area contributed by atoms with Crippen LogP contribution in [-0.2, 0) is 39.4 Å². The van der Waals surface area contributed by atoms with E-state index in [1.807, 2.05) is 39.8 Å². The van der Waals surface area contributed by atoms with E-state index in [-0.39, 0.29) is 73.6 Å². The lowest BCUT2D eigenvalue weighted by molar-refractivity contribution is -0.120. The number of thiazole rings is 2. The minimum absolute atomic E-state index is 0.0277. The molecule has 2 fully saturated rings. The average Bonchev–Trinajstić information content (AvgIpc) is 1.22. The van der Waals surface area contributed by atoms with Crippen molar-refractivity contribution < 1.29 is 59.7 Å². The first-order chi connectivity index (χ1) is 47.9. The molecule has 0 radical (unpaired) electrons. The number of carbonyl (C=O) groups is 4. The molecule has 0 bridgehead atoms. The Morgan fingerprint density at radius 3 is 1.33 bits per heavy atom. The monoisotopic (exact) mass is 1460 g/mol. The second kappa shape index (κ2) is 34.1. The maximum Gasteiger partial charge on any atom is 0.294 e. The number of nitrogens with one attached hydrogen (secondary N) is 4. The number of ketones is 2. The van der Waals surface area contributed by atoms with E-state index in [0.29, 0.717) is 108 Å². The largest absolute Gasteiger partial charge is 0.494 e. The van der Waals surface area contributed by atoms with Gasteiger partial charge in [0.15, 0.2) is 16.7 Å². The number of aliphatic hydroxyl groups excluding tert-OH is 1. The van der Waals surface area contributed by atoms with Gasteiger partial charge in [0, 0.05) is 81.6 Å². The lowest BCUT2D eigenvalue weighted by atomic mass is 10.1. The summed E-state index contributed by atoms with van der Waals surface area (Å²) in [5, 5.41) is 41.3. The van der Waals surface area contributed by atoms with Crippen LogP contribution in [0.1, 0.15) is 89.8 Å². The normalized spacial score (nSPS) is 13.9. The third kappa shape index (κ3) is 19.1. The van der Waals surface area contributed by atoms with Gasteiger partial charge in [0.05, 0.1) is 74.3 Å². The number of hydrogen-bond donors (Lipinski definition) is 7. The summed E-state index contributed by atoms with van der Waals surface area (Å²) in [5.74, 6) is -0.664. The number of piperidine rings is 2. The Morgan fingerprint density at radius 2 is 0.980 bits per heavy atom. The van der Waals surface area contributed by atoms with Gasteiger partial charge in [-0.05, 0) is 141 Å². The quantitative estimate of drug-likeness (QED) is 0.00530. The number of methoxy groups -OCH3 is 2. The van der Waals surface area contributed by atoms with Gasteiger partial charge in [-0.25, -0.2) is 0 Å². The third-order valence-corrected chi connectivity index (χ3v) is 20.1. The molecule has 4 aromatic carbocycles. The maximum atomic E-state index is 13.8. The Hall–Kier alpha value is -9.36. The maximum absolute atomic E-state index is 13.8. The van der Waals surface area contributed by atoms with E-state index < -0.39 is 53.4 Å². The first-order valence-electron chi connectivity index (χ1n) is 32.0. The van der Waals surface area contributed by atoms with Crippen LogP contribution in [0.5, 0.6) is 11.5 Å². The Labute approximate surface area is 591 Å². The number of thioether (sulfide) groups is 1. The van der Waals surface area contributed by atoms with Crippen molar-refractivity contribution in [1.82, 2.24) is 24.9 Å². The molecule has 7 aromatic rings. The van der Waals surface area contributed by atoms with E-state index in [1.54, 1.807) is 26.4 Å². The molecule has 30 nitrogen and oxygen atoms in total. The van der Waals surface area contributed by atoms with Gasteiger partial charge in [0.2, 0.25) is 22.2 Å². The molecule has 0 atom stereocenters. The van der Waals surface area contributed by atoms with E-state index in [2.05, 4.69) is 51.1 Å². The van der Waals surface area contributed by atoms with Gasteiger partial charge >= 0.3 is 0 Å². The summed E-state index contributed by atoms with van der Waals surface area (Å²) in [6.07, 6.45) is 8.30. The molecule has 100 heavy (non-hydrogen) atoms. The van der Waals surface area contributed by atoms with Crippen LogP contribution in [0.3, 0.4) is 0 Å². The molecule has 35 heteroatoms.